The highest BCUT2D eigenvalue weighted by Crippen LogP contribution is 2.25. The largest absolute Gasteiger partial charge is 0.496 e. The van der Waals surface area contributed by atoms with Crippen molar-refractivity contribution >= 4 is 0 Å². The van der Waals surface area contributed by atoms with E-state index in [2.05, 4.69) is 11.9 Å². The van der Waals surface area contributed by atoms with Gasteiger partial charge in [-0.05, 0) is 45.6 Å². The Kier molecular flexibility index (Phi) is 4.94. The summed E-state index contributed by atoms with van der Waals surface area (Å²) in [5.74, 6) is -1.24. The maximum Gasteiger partial charge on any atom is 0.167 e. The van der Waals surface area contributed by atoms with Crippen LogP contribution >= 0.6 is 0 Å². The predicted molar refractivity (Wildman–Crippen MR) is 74.9 cm³/mol. The summed E-state index contributed by atoms with van der Waals surface area (Å²) in [6.45, 7) is 2.29. The van der Waals surface area contributed by atoms with Crippen molar-refractivity contribution in [1.82, 2.24) is 9.80 Å². The molecule has 0 N–H and O–H groups in total. The SMILES string of the molecule is COc1ccc(F)c(F)c1CN(C)CC1CCCN1C. The molecule has 0 spiro atoms. The van der Waals surface area contributed by atoms with Crippen molar-refractivity contribution in [2.75, 3.05) is 34.3 Å². The Bertz CT molecular complexity index is 467. The van der Waals surface area contributed by atoms with Crippen molar-refractivity contribution in [3.05, 3.63) is 29.3 Å². The van der Waals surface area contributed by atoms with Crippen LogP contribution in [0.5, 0.6) is 5.75 Å². The van der Waals surface area contributed by atoms with Crippen molar-refractivity contribution in [1.29, 1.82) is 0 Å². The first-order valence-electron chi connectivity index (χ1n) is 6.92. The molecule has 1 aliphatic heterocycles. The van der Waals surface area contributed by atoms with Gasteiger partial charge in [-0.1, -0.05) is 0 Å². The van der Waals surface area contributed by atoms with E-state index >= 15 is 0 Å². The number of hydrogen-bond donors (Lipinski definition) is 0. The smallest absolute Gasteiger partial charge is 0.167 e. The minimum Gasteiger partial charge on any atom is -0.496 e. The second-order valence-corrected chi connectivity index (χ2v) is 5.52. The minimum atomic E-state index is -0.827. The standard InChI is InChI=1S/C15H22F2N2O/c1-18(9-11-5-4-8-19(11)2)10-12-14(20-3)7-6-13(16)15(12)17/h6-7,11H,4-5,8-10H2,1-3H3. The van der Waals surface area contributed by atoms with Crippen molar-refractivity contribution in [3.63, 3.8) is 0 Å². The van der Waals surface area contributed by atoms with Crippen molar-refractivity contribution in [2.24, 2.45) is 0 Å². The normalized spacial score (nSPS) is 19.8. The molecule has 1 atom stereocenters. The van der Waals surface area contributed by atoms with Crippen molar-refractivity contribution in [2.45, 2.75) is 25.4 Å². The molecular formula is C15H22F2N2O. The van der Waals surface area contributed by atoms with Crippen molar-refractivity contribution < 1.29 is 13.5 Å². The van der Waals surface area contributed by atoms with Crippen LogP contribution in [0.4, 0.5) is 8.78 Å². The summed E-state index contributed by atoms with van der Waals surface area (Å²) >= 11 is 0. The lowest BCUT2D eigenvalue weighted by Gasteiger charge is -2.26. The highest BCUT2D eigenvalue weighted by Gasteiger charge is 2.23. The average Bonchev–Trinajstić information content (AvgIpc) is 2.81. The molecule has 1 heterocycles. The van der Waals surface area contributed by atoms with Crippen LogP contribution in [0.2, 0.25) is 0 Å². The zero-order valence-corrected chi connectivity index (χ0v) is 12.3. The van der Waals surface area contributed by atoms with E-state index in [-0.39, 0.29) is 5.56 Å². The second kappa shape index (κ2) is 6.50. The molecule has 112 valence electrons. The summed E-state index contributed by atoms with van der Waals surface area (Å²) in [5.41, 5.74) is 0.288. The summed E-state index contributed by atoms with van der Waals surface area (Å²) < 4.78 is 32.4. The molecule has 1 aromatic carbocycles. The van der Waals surface area contributed by atoms with Crippen LogP contribution < -0.4 is 4.74 Å². The summed E-state index contributed by atoms with van der Waals surface area (Å²) in [6, 6.07) is 3.06. The molecule has 0 bridgehead atoms. The van der Waals surface area contributed by atoms with Gasteiger partial charge in [0.05, 0.1) is 7.11 Å². The van der Waals surface area contributed by atoms with Gasteiger partial charge in [0.2, 0.25) is 0 Å². The van der Waals surface area contributed by atoms with Gasteiger partial charge >= 0.3 is 0 Å². The Labute approximate surface area is 119 Å². The third kappa shape index (κ3) is 3.27. The fourth-order valence-electron chi connectivity index (χ4n) is 2.82. The number of ether oxygens (including phenoxy) is 1. The average molecular weight is 284 g/mol. The van der Waals surface area contributed by atoms with Gasteiger partial charge in [0.25, 0.3) is 0 Å². The van der Waals surface area contributed by atoms with Gasteiger partial charge in [0.1, 0.15) is 5.75 Å². The molecule has 0 aliphatic carbocycles. The zero-order chi connectivity index (χ0) is 14.7. The molecule has 0 aromatic heterocycles. The van der Waals surface area contributed by atoms with E-state index in [1.807, 2.05) is 11.9 Å². The second-order valence-electron chi connectivity index (χ2n) is 5.52. The van der Waals surface area contributed by atoms with E-state index < -0.39 is 11.6 Å². The molecule has 1 fully saturated rings. The van der Waals surface area contributed by atoms with Gasteiger partial charge in [-0.2, -0.15) is 0 Å². The highest BCUT2D eigenvalue weighted by molar-refractivity contribution is 5.35. The molecule has 2 rings (SSSR count). The minimum absolute atomic E-state index is 0.288. The van der Waals surface area contributed by atoms with E-state index in [0.717, 1.165) is 25.6 Å². The number of benzene rings is 1. The van der Waals surface area contributed by atoms with E-state index in [9.17, 15) is 8.78 Å². The van der Waals surface area contributed by atoms with Crippen LogP contribution in [-0.4, -0.2) is 50.1 Å². The van der Waals surface area contributed by atoms with E-state index in [1.165, 1.54) is 19.6 Å². The number of halogens is 2. The summed E-state index contributed by atoms with van der Waals surface area (Å²) in [6.07, 6.45) is 2.36. The third-order valence-electron chi connectivity index (χ3n) is 3.99. The first-order valence-corrected chi connectivity index (χ1v) is 6.92. The molecule has 5 heteroatoms. The number of nitrogens with zero attached hydrogens (tertiary/aromatic N) is 2. The zero-order valence-electron chi connectivity index (χ0n) is 12.3. The summed E-state index contributed by atoms with van der Waals surface area (Å²) in [4.78, 5) is 4.34. The first kappa shape index (κ1) is 15.2. The lowest BCUT2D eigenvalue weighted by molar-refractivity contribution is 0.211. The molecule has 1 saturated heterocycles. The van der Waals surface area contributed by atoms with Crippen molar-refractivity contribution in [3.8, 4) is 5.75 Å². The monoisotopic (exact) mass is 284 g/mol. The number of likely N-dealkylation sites (tertiary alicyclic amines) is 1. The summed E-state index contributed by atoms with van der Waals surface area (Å²) in [5, 5.41) is 0. The van der Waals surface area contributed by atoms with Gasteiger partial charge in [-0.3, -0.25) is 0 Å². The summed E-state index contributed by atoms with van der Waals surface area (Å²) in [7, 11) is 5.51. The third-order valence-corrected chi connectivity index (χ3v) is 3.99. The number of hydrogen-bond acceptors (Lipinski definition) is 3. The Morgan fingerprint density at radius 1 is 1.40 bits per heavy atom. The van der Waals surface area contributed by atoms with Crippen LogP contribution in [0.3, 0.4) is 0 Å². The van der Waals surface area contributed by atoms with E-state index in [0.29, 0.717) is 18.3 Å². The Balaban J connectivity index is 2.07. The van der Waals surface area contributed by atoms with Crippen LogP contribution in [-0.2, 0) is 6.54 Å². The van der Waals surface area contributed by atoms with Gasteiger partial charge in [0.15, 0.2) is 11.6 Å². The van der Waals surface area contributed by atoms with Crippen LogP contribution in [0.15, 0.2) is 12.1 Å². The molecule has 20 heavy (non-hydrogen) atoms. The quantitative estimate of drug-likeness (QED) is 0.826. The van der Waals surface area contributed by atoms with E-state index in [4.69, 9.17) is 4.74 Å². The first-order chi connectivity index (χ1) is 9.52. The van der Waals surface area contributed by atoms with Crippen LogP contribution in [0, 0.1) is 11.6 Å². The topological polar surface area (TPSA) is 15.7 Å². The molecule has 1 aliphatic rings. The Morgan fingerprint density at radius 3 is 2.75 bits per heavy atom. The highest BCUT2D eigenvalue weighted by atomic mass is 19.2. The fourth-order valence-corrected chi connectivity index (χ4v) is 2.82. The molecule has 3 nitrogen and oxygen atoms in total. The lowest BCUT2D eigenvalue weighted by Crippen LogP contribution is -2.36. The fraction of sp³-hybridized carbons (Fsp3) is 0.600. The molecular weight excluding hydrogens is 262 g/mol. The van der Waals surface area contributed by atoms with E-state index in [1.54, 1.807) is 0 Å². The number of methoxy groups -OCH3 is 1. The maximum atomic E-state index is 13.9. The maximum absolute atomic E-state index is 13.9. The Morgan fingerprint density at radius 2 is 2.15 bits per heavy atom. The predicted octanol–water partition coefficient (Wildman–Crippen LogP) is 2.50. The van der Waals surface area contributed by atoms with Gasteiger partial charge in [0, 0.05) is 24.7 Å². The lowest BCUT2D eigenvalue weighted by atomic mass is 10.1. The molecule has 0 amide bonds. The van der Waals surface area contributed by atoms with Crippen LogP contribution in [0.1, 0.15) is 18.4 Å². The van der Waals surface area contributed by atoms with Gasteiger partial charge in [-0.15, -0.1) is 0 Å². The molecule has 0 radical (unpaired) electrons. The van der Waals surface area contributed by atoms with Crippen LogP contribution in [0.25, 0.3) is 0 Å². The number of rotatable bonds is 5. The van der Waals surface area contributed by atoms with Gasteiger partial charge in [-0.25, -0.2) is 8.78 Å². The molecule has 0 saturated carbocycles. The molecule has 1 aromatic rings. The molecule has 1 unspecified atom stereocenters. The van der Waals surface area contributed by atoms with Gasteiger partial charge < -0.3 is 14.5 Å². The Hall–Kier alpha value is -1.20. The number of likely N-dealkylation sites (N-methyl/N-ethyl adjacent to an activating group) is 2.